The first kappa shape index (κ1) is 38.7. The molecule has 3 aliphatic heterocycles. The van der Waals surface area contributed by atoms with Gasteiger partial charge >= 0.3 is 5.97 Å². The van der Waals surface area contributed by atoms with Gasteiger partial charge in [-0.05, 0) is 49.3 Å². The Morgan fingerprint density at radius 3 is 2.53 bits per heavy atom. The number of likely N-dealkylation sites (tertiary alicyclic amines) is 1. The number of carbonyl (C=O) groups is 4. The number of aryl methyl sites for hydroxylation is 1. The summed E-state index contributed by atoms with van der Waals surface area (Å²) in [6, 6.07) is 12.5. The van der Waals surface area contributed by atoms with Crippen molar-refractivity contribution >= 4 is 56.9 Å². The van der Waals surface area contributed by atoms with Crippen LogP contribution >= 0.6 is 27.5 Å². The molecule has 274 valence electrons. The summed E-state index contributed by atoms with van der Waals surface area (Å²) in [6.07, 6.45) is 3.07. The molecule has 1 unspecified atom stereocenters. The number of anilines is 1. The number of halogens is 2. The molecule has 2 N–H and O–H groups in total. The number of aliphatic hydroxyl groups excluding tert-OH is 1. The van der Waals surface area contributed by atoms with Crippen molar-refractivity contribution in [3.05, 3.63) is 90.0 Å². The van der Waals surface area contributed by atoms with Gasteiger partial charge in [0.05, 0.1) is 47.8 Å². The van der Waals surface area contributed by atoms with E-state index in [1.54, 1.807) is 36.4 Å². The molecule has 3 saturated heterocycles. The third kappa shape index (κ3) is 7.54. The summed E-state index contributed by atoms with van der Waals surface area (Å²) in [6.45, 7) is 13.1. The zero-order valence-corrected chi connectivity index (χ0v) is 31.6. The quantitative estimate of drug-likeness (QED) is 0.127. The molecule has 0 aromatic heterocycles. The maximum Gasteiger partial charge on any atom is 0.313 e. The van der Waals surface area contributed by atoms with Crippen LogP contribution in [0.15, 0.2) is 73.8 Å². The Hall–Kier alpha value is -3.51. The van der Waals surface area contributed by atoms with Crippen LogP contribution in [0.4, 0.5) is 5.69 Å². The van der Waals surface area contributed by atoms with Crippen LogP contribution in [0.1, 0.15) is 56.8 Å². The number of ether oxygens (including phenoxy) is 2. The number of nitrogens with zero attached hydrogens (tertiary/aromatic N) is 2. The van der Waals surface area contributed by atoms with Crippen molar-refractivity contribution in [1.82, 2.24) is 10.2 Å². The van der Waals surface area contributed by atoms with Crippen LogP contribution in [0.2, 0.25) is 5.02 Å². The second-order valence-corrected chi connectivity index (χ2v) is 15.6. The topological polar surface area (TPSA) is 125 Å². The molecule has 3 amide bonds. The first-order valence-corrected chi connectivity index (χ1v) is 18.7. The van der Waals surface area contributed by atoms with Gasteiger partial charge in [0.15, 0.2) is 0 Å². The molecule has 3 aliphatic rings. The van der Waals surface area contributed by atoms with Crippen molar-refractivity contribution < 1.29 is 33.8 Å². The van der Waals surface area contributed by atoms with E-state index in [0.717, 1.165) is 5.56 Å². The summed E-state index contributed by atoms with van der Waals surface area (Å²) in [7, 11) is 0. The maximum atomic E-state index is 15.1. The van der Waals surface area contributed by atoms with E-state index in [1.165, 1.54) is 9.80 Å². The zero-order chi connectivity index (χ0) is 37.0. The third-order valence-corrected chi connectivity index (χ3v) is 11.3. The van der Waals surface area contributed by atoms with E-state index in [9.17, 15) is 19.5 Å². The molecule has 3 fully saturated rings. The standard InChI is InChI=1S/C39H47BrClN3O7/c1-6-8-17-30(46)42-21-29(25-14-10-9-11-15-25)50-38(49)31-32-36(47)44(26(22-45)19-23(3)4)35(39(32)20-27(40)34(31)51-39)37(48)43(18-7-2)33-24(5)13-12-16-28(33)41/h6-7,9-16,23,26-27,29,31-32,34-35,45H,1-2,8,17-22H2,3-5H3,(H,42,46)/t26-,27?,29+,31-,32+,34-,35-,39+/m1/s1. The van der Waals surface area contributed by atoms with Crippen molar-refractivity contribution in [2.45, 2.75) is 81.2 Å². The van der Waals surface area contributed by atoms with Gasteiger partial charge < -0.3 is 29.7 Å². The molecule has 51 heavy (non-hydrogen) atoms. The molecule has 2 aromatic carbocycles. The molecule has 10 nitrogen and oxygen atoms in total. The molecule has 8 atom stereocenters. The van der Waals surface area contributed by atoms with Gasteiger partial charge in [-0.15, -0.1) is 13.2 Å². The first-order valence-electron chi connectivity index (χ1n) is 17.4. The first-order chi connectivity index (χ1) is 24.4. The minimum atomic E-state index is -1.41. The lowest BCUT2D eigenvalue weighted by molar-refractivity contribution is -0.161. The van der Waals surface area contributed by atoms with E-state index >= 15 is 4.79 Å². The number of carbonyl (C=O) groups excluding carboxylic acids is 4. The predicted molar refractivity (Wildman–Crippen MR) is 199 cm³/mol. The molecule has 0 aliphatic carbocycles. The van der Waals surface area contributed by atoms with E-state index in [0.29, 0.717) is 29.1 Å². The molecule has 0 radical (unpaired) electrons. The summed E-state index contributed by atoms with van der Waals surface area (Å²) in [4.78, 5) is 59.5. The number of hydrogen-bond donors (Lipinski definition) is 2. The highest BCUT2D eigenvalue weighted by Crippen LogP contribution is 2.61. The molecule has 5 rings (SSSR count). The number of fused-ring (bicyclic) bond motifs is 1. The second kappa shape index (κ2) is 16.4. The third-order valence-electron chi connectivity index (χ3n) is 10.1. The molecule has 2 bridgehead atoms. The average Bonchev–Trinajstić information content (AvgIpc) is 3.70. The second-order valence-electron chi connectivity index (χ2n) is 14.0. The van der Waals surface area contributed by atoms with Crippen molar-refractivity contribution in [1.29, 1.82) is 0 Å². The van der Waals surface area contributed by atoms with Gasteiger partial charge in [0.2, 0.25) is 11.8 Å². The number of amides is 3. The Labute approximate surface area is 313 Å². The van der Waals surface area contributed by atoms with Crippen LogP contribution in [-0.4, -0.2) is 82.0 Å². The largest absolute Gasteiger partial charge is 0.455 e. The molecule has 0 saturated carbocycles. The lowest BCUT2D eigenvalue weighted by Crippen LogP contribution is -2.59. The number of alkyl halides is 1. The smallest absolute Gasteiger partial charge is 0.313 e. The van der Waals surface area contributed by atoms with Crippen LogP contribution in [-0.2, 0) is 28.7 Å². The number of para-hydroxylation sites is 1. The summed E-state index contributed by atoms with van der Waals surface area (Å²) in [5.74, 6) is -3.81. The van der Waals surface area contributed by atoms with Crippen molar-refractivity contribution in [3.63, 3.8) is 0 Å². The fraction of sp³-hybridized carbons (Fsp3) is 0.487. The van der Waals surface area contributed by atoms with Crippen LogP contribution in [0, 0.1) is 24.7 Å². The van der Waals surface area contributed by atoms with Gasteiger partial charge in [0.1, 0.15) is 17.7 Å². The highest BCUT2D eigenvalue weighted by atomic mass is 79.9. The van der Waals surface area contributed by atoms with Crippen LogP contribution in [0.3, 0.4) is 0 Å². The lowest BCUT2D eigenvalue weighted by Gasteiger charge is -2.40. The van der Waals surface area contributed by atoms with Gasteiger partial charge in [-0.1, -0.05) is 96.0 Å². The van der Waals surface area contributed by atoms with Crippen molar-refractivity contribution in [3.8, 4) is 0 Å². The SMILES string of the molecule is C=CCCC(=O)NC[C@H](OC(=O)[C@H]1[C@@H]2O[C@@]3(CC2Br)[C@@H]1C(=O)N([C@@H](CO)CC(C)C)[C@@H]3C(=O)N(CC=C)c1c(C)cccc1Cl)c1ccccc1. The minimum absolute atomic E-state index is 0.0212. The minimum Gasteiger partial charge on any atom is -0.455 e. The van der Waals surface area contributed by atoms with Gasteiger partial charge in [-0.3, -0.25) is 19.2 Å². The number of hydrogen-bond acceptors (Lipinski definition) is 7. The number of rotatable bonds is 16. The average molecular weight is 785 g/mol. The summed E-state index contributed by atoms with van der Waals surface area (Å²) < 4.78 is 12.9. The number of benzene rings is 2. The Morgan fingerprint density at radius 2 is 1.90 bits per heavy atom. The molecule has 12 heteroatoms. The Balaban J connectivity index is 1.55. The number of aliphatic hydroxyl groups is 1. The van der Waals surface area contributed by atoms with Crippen LogP contribution in [0.25, 0.3) is 0 Å². The van der Waals surface area contributed by atoms with Gasteiger partial charge in [-0.25, -0.2) is 0 Å². The molecule has 3 heterocycles. The molecular weight excluding hydrogens is 738 g/mol. The Bertz CT molecular complexity index is 1620. The number of nitrogens with one attached hydrogen (secondary N) is 1. The van der Waals surface area contributed by atoms with Crippen LogP contribution in [0.5, 0.6) is 0 Å². The summed E-state index contributed by atoms with van der Waals surface area (Å²) >= 11 is 10.4. The summed E-state index contributed by atoms with van der Waals surface area (Å²) in [5.41, 5.74) is 0.504. The van der Waals surface area contributed by atoms with E-state index in [2.05, 4.69) is 34.4 Å². The lowest BCUT2D eigenvalue weighted by atomic mass is 9.70. The zero-order valence-electron chi connectivity index (χ0n) is 29.3. The van der Waals surface area contributed by atoms with Crippen molar-refractivity contribution in [2.24, 2.45) is 17.8 Å². The van der Waals surface area contributed by atoms with Crippen molar-refractivity contribution in [2.75, 3.05) is 24.6 Å². The monoisotopic (exact) mass is 783 g/mol. The van der Waals surface area contributed by atoms with Gasteiger partial charge in [-0.2, -0.15) is 0 Å². The molecule has 1 spiro atoms. The molecule has 2 aromatic rings. The maximum absolute atomic E-state index is 15.1. The number of allylic oxidation sites excluding steroid dienone is 1. The van der Waals surface area contributed by atoms with E-state index in [4.69, 9.17) is 21.1 Å². The summed E-state index contributed by atoms with van der Waals surface area (Å²) in [5, 5.41) is 13.9. The Kier molecular flexibility index (Phi) is 12.5. The highest BCUT2D eigenvalue weighted by Gasteiger charge is 2.77. The fourth-order valence-electron chi connectivity index (χ4n) is 8.00. The highest BCUT2D eigenvalue weighted by molar-refractivity contribution is 9.09. The van der Waals surface area contributed by atoms with Gasteiger partial charge in [0, 0.05) is 17.8 Å². The van der Waals surface area contributed by atoms with E-state index in [1.807, 2.05) is 45.0 Å². The number of esters is 1. The molecular formula is C39H47BrClN3O7. The van der Waals surface area contributed by atoms with Crippen LogP contribution < -0.4 is 10.2 Å². The Morgan fingerprint density at radius 1 is 1.18 bits per heavy atom. The normalized spacial score (nSPS) is 26.1. The fourth-order valence-corrected chi connectivity index (χ4v) is 9.27. The van der Waals surface area contributed by atoms with E-state index < -0.39 is 59.5 Å². The predicted octanol–water partition coefficient (Wildman–Crippen LogP) is 5.69. The van der Waals surface area contributed by atoms with Gasteiger partial charge in [0.25, 0.3) is 5.91 Å². The van der Waals surface area contributed by atoms with E-state index in [-0.39, 0.29) is 49.2 Å².